The molecule has 6 atom stereocenters. The van der Waals surface area contributed by atoms with E-state index < -0.39 is 67.4 Å². The number of carbonyl (C=O) groups excluding carboxylic acids is 6. The fourth-order valence-corrected chi connectivity index (χ4v) is 7.92. The predicted molar refractivity (Wildman–Crippen MR) is 216 cm³/mol. The van der Waals surface area contributed by atoms with Crippen molar-refractivity contribution in [2.45, 2.75) is 89.5 Å². The van der Waals surface area contributed by atoms with Gasteiger partial charge in [0.2, 0.25) is 29.5 Å². The summed E-state index contributed by atoms with van der Waals surface area (Å²) in [6.45, 7) is 4.06. The third-order valence-electron chi connectivity index (χ3n) is 10.5. The first-order valence-corrected chi connectivity index (χ1v) is 21.2. The maximum absolute atomic E-state index is 14.9. The first-order chi connectivity index (χ1) is 28.0. The number of primary amides is 1. The smallest absolute Gasteiger partial charge is 0.404 e. The molecule has 3 aromatic rings. The number of nitrogens with one attached hydrogen (secondary N) is 2. The van der Waals surface area contributed by atoms with Gasteiger partial charge < -0.3 is 31.5 Å². The van der Waals surface area contributed by atoms with Crippen molar-refractivity contribution in [2.75, 3.05) is 6.54 Å². The lowest BCUT2D eigenvalue weighted by molar-refractivity contribution is -0.158. The van der Waals surface area contributed by atoms with Gasteiger partial charge in [-0.2, -0.15) is 0 Å². The van der Waals surface area contributed by atoms with Gasteiger partial charge in [0.1, 0.15) is 23.9 Å². The molecule has 2 aliphatic rings. The average Bonchev–Trinajstić information content (AvgIpc) is 3.85. The van der Waals surface area contributed by atoms with Crippen molar-refractivity contribution >= 4 is 43.3 Å². The number of phosphoric acid groups is 1. The highest BCUT2D eigenvalue weighted by Gasteiger charge is 2.59. The lowest BCUT2D eigenvalue weighted by atomic mass is 9.99. The van der Waals surface area contributed by atoms with Crippen LogP contribution in [0, 0.1) is 17.8 Å². The molecule has 0 bridgehead atoms. The van der Waals surface area contributed by atoms with E-state index in [1.165, 1.54) is 29.2 Å². The molecule has 1 aliphatic heterocycles. The van der Waals surface area contributed by atoms with Gasteiger partial charge in [0, 0.05) is 25.9 Å². The van der Waals surface area contributed by atoms with Gasteiger partial charge in [-0.05, 0) is 78.7 Å². The van der Waals surface area contributed by atoms with Crippen molar-refractivity contribution in [3.63, 3.8) is 0 Å². The second kappa shape index (κ2) is 20.0. The average molecular weight is 833 g/mol. The number of phosphoric ester groups is 1. The molecule has 2 fully saturated rings. The molecule has 316 valence electrons. The summed E-state index contributed by atoms with van der Waals surface area (Å²) in [6, 6.07) is 19.2. The summed E-state index contributed by atoms with van der Waals surface area (Å²) < 4.78 is 15.7. The highest BCUT2D eigenvalue weighted by molar-refractivity contribution is 7.46. The molecule has 5 rings (SSSR count). The minimum atomic E-state index is -4.76. The van der Waals surface area contributed by atoms with Crippen LogP contribution in [0.2, 0.25) is 0 Å². The van der Waals surface area contributed by atoms with Crippen LogP contribution >= 0.6 is 7.82 Å². The minimum Gasteiger partial charge on any atom is -0.404 e. The Morgan fingerprint density at radius 2 is 1.51 bits per heavy atom. The van der Waals surface area contributed by atoms with E-state index in [0.717, 1.165) is 16.0 Å². The largest absolute Gasteiger partial charge is 0.524 e. The molecule has 0 spiro atoms. The number of piperidine rings is 1. The van der Waals surface area contributed by atoms with E-state index in [-0.39, 0.29) is 75.1 Å². The molecule has 1 heterocycles. The normalized spacial score (nSPS) is 18.5. The van der Waals surface area contributed by atoms with Gasteiger partial charge in [-0.25, -0.2) is 4.57 Å². The number of nitrogens with two attached hydrogens (primary N) is 2. The number of amides is 6. The van der Waals surface area contributed by atoms with E-state index >= 15 is 0 Å². The number of fused-ring (bicyclic) bond motifs is 1. The van der Waals surface area contributed by atoms with Crippen LogP contribution in [0.5, 0.6) is 5.75 Å². The Morgan fingerprint density at radius 1 is 0.881 bits per heavy atom. The molecule has 16 nitrogen and oxygen atoms in total. The Balaban J connectivity index is 1.38. The van der Waals surface area contributed by atoms with Crippen LogP contribution in [0.1, 0.15) is 62.6 Å². The zero-order valence-electron chi connectivity index (χ0n) is 33.1. The molecule has 6 amide bonds. The number of likely N-dealkylation sites (tertiary alicyclic amines) is 1. The highest BCUT2D eigenvalue weighted by Crippen LogP contribution is 2.50. The van der Waals surface area contributed by atoms with E-state index in [1.54, 1.807) is 0 Å². The second-order valence-corrected chi connectivity index (χ2v) is 16.8. The lowest BCUT2D eigenvalue weighted by Gasteiger charge is -2.36. The first-order valence-electron chi connectivity index (χ1n) is 19.7. The Hall–Kier alpha value is -5.41. The summed E-state index contributed by atoms with van der Waals surface area (Å²) in [5, 5.41) is 5.60. The summed E-state index contributed by atoms with van der Waals surface area (Å²) in [7, 11) is -4.76. The zero-order valence-corrected chi connectivity index (χ0v) is 34.0. The molecule has 59 heavy (non-hydrogen) atoms. The fourth-order valence-electron chi connectivity index (χ4n) is 7.52. The zero-order chi connectivity index (χ0) is 42.9. The van der Waals surface area contributed by atoms with Crippen LogP contribution in [-0.4, -0.2) is 85.7 Å². The minimum absolute atomic E-state index is 0.0265. The van der Waals surface area contributed by atoms with Crippen LogP contribution in [0.15, 0.2) is 84.9 Å². The molecule has 2 unspecified atom stereocenters. The van der Waals surface area contributed by atoms with Crippen molar-refractivity contribution in [1.82, 2.24) is 20.4 Å². The summed E-state index contributed by atoms with van der Waals surface area (Å²) in [4.78, 5) is 104. The molecule has 0 aromatic heterocycles. The van der Waals surface area contributed by atoms with Gasteiger partial charge in [-0.15, -0.1) is 0 Å². The van der Waals surface area contributed by atoms with Gasteiger partial charge >= 0.3 is 7.82 Å². The summed E-state index contributed by atoms with van der Waals surface area (Å²) in [5.74, 6) is -4.35. The first kappa shape index (κ1) is 44.7. The maximum Gasteiger partial charge on any atom is 0.524 e. The van der Waals surface area contributed by atoms with Gasteiger partial charge in [0.25, 0.3) is 5.91 Å². The number of carbonyl (C=O) groups is 6. The number of hydrogen-bond acceptors (Lipinski definition) is 9. The molecule has 0 radical (unpaired) electrons. The molecule has 17 heteroatoms. The van der Waals surface area contributed by atoms with E-state index in [4.69, 9.17) is 21.3 Å². The summed E-state index contributed by atoms with van der Waals surface area (Å²) >= 11 is 0. The quantitative estimate of drug-likeness (QED) is 0.0902. The molecule has 3 aromatic carbocycles. The number of hydrogen-bond donors (Lipinski definition) is 6. The van der Waals surface area contributed by atoms with Crippen molar-refractivity contribution in [1.29, 1.82) is 0 Å². The van der Waals surface area contributed by atoms with E-state index in [2.05, 4.69) is 15.2 Å². The van der Waals surface area contributed by atoms with E-state index in [0.29, 0.717) is 12.0 Å². The molecule has 1 saturated carbocycles. The summed E-state index contributed by atoms with van der Waals surface area (Å²) in [6.07, 6.45) is 0.490. The standard InChI is InChI=1S/C42H53N6O10P/c1-26(2)21-34(46-39(51)33(43)22-28-13-16-31(17-14-28)58-59(55,56)57)41(53)47-25-30-23-32(30)38(47)42(54)48(37(50)20-15-27-9-5-3-6-10-27)35(18-19-36(44)49)40(52)45-24-29-11-7-4-8-12-29/h3-14,16-17,26,30,32-35,38H,15,18-25,43H2,1-2H3,(H2,44,49)(H,45,52)(H,46,51)(H2,55,56,57)/t30?,32?,33-,34-,35-,38-/m0/s1. The molecular formula is C42H53N6O10P. The van der Waals surface area contributed by atoms with Crippen molar-refractivity contribution in [2.24, 2.45) is 29.2 Å². The number of imide groups is 1. The third-order valence-corrected chi connectivity index (χ3v) is 11.0. The lowest BCUT2D eigenvalue weighted by Crippen LogP contribution is -2.61. The Kier molecular flexibility index (Phi) is 15.2. The molecule has 1 aliphatic carbocycles. The molecule has 8 N–H and O–H groups in total. The predicted octanol–water partition coefficient (Wildman–Crippen LogP) is 2.34. The molecular weight excluding hydrogens is 779 g/mol. The van der Waals surface area contributed by atoms with E-state index in [9.17, 15) is 33.3 Å². The van der Waals surface area contributed by atoms with Gasteiger partial charge in [-0.1, -0.05) is 86.6 Å². The fraction of sp³-hybridized carbons (Fsp3) is 0.429. The Bertz CT molecular complexity index is 2010. The number of nitrogens with zero attached hydrogens (tertiary/aromatic N) is 2. The number of rotatable bonds is 20. The maximum atomic E-state index is 14.9. The van der Waals surface area contributed by atoms with Crippen LogP contribution in [0.25, 0.3) is 0 Å². The van der Waals surface area contributed by atoms with Gasteiger partial charge in [0.05, 0.1) is 6.04 Å². The summed E-state index contributed by atoms with van der Waals surface area (Å²) in [5.41, 5.74) is 14.0. The number of aryl methyl sites for hydroxylation is 1. The van der Waals surface area contributed by atoms with Crippen LogP contribution in [0.3, 0.4) is 0 Å². The third kappa shape index (κ3) is 12.8. The highest BCUT2D eigenvalue weighted by atomic mass is 31.2. The second-order valence-electron chi connectivity index (χ2n) is 15.6. The van der Waals surface area contributed by atoms with Crippen molar-refractivity contribution in [3.8, 4) is 5.75 Å². The van der Waals surface area contributed by atoms with Crippen LogP contribution < -0.4 is 26.6 Å². The SMILES string of the molecule is CC(C)C[C@H](NC(=O)[C@@H](N)Cc1ccc(OP(=O)(O)O)cc1)C(=O)N1CC2CC2[C@H]1C(=O)N(C(=O)CCc1ccccc1)[C@@H](CCC(N)=O)C(=O)NCc1ccccc1. The van der Waals surface area contributed by atoms with Crippen molar-refractivity contribution in [3.05, 3.63) is 102 Å². The molecule has 1 saturated heterocycles. The monoisotopic (exact) mass is 832 g/mol. The van der Waals surface area contributed by atoms with Crippen LogP contribution in [0.4, 0.5) is 0 Å². The van der Waals surface area contributed by atoms with Crippen molar-refractivity contribution < 1.29 is 47.6 Å². The van der Waals surface area contributed by atoms with Gasteiger partial charge in [-0.3, -0.25) is 43.5 Å². The Morgan fingerprint density at radius 3 is 2.10 bits per heavy atom. The topological polar surface area (TPSA) is 252 Å². The van der Waals surface area contributed by atoms with E-state index in [1.807, 2.05) is 74.5 Å². The number of benzene rings is 3. The van der Waals surface area contributed by atoms with Crippen LogP contribution in [-0.2, 0) is 52.7 Å². The Labute approximate surface area is 343 Å². The van der Waals surface area contributed by atoms with Gasteiger partial charge in [0.15, 0.2) is 0 Å².